The molecule has 1 atom stereocenters. The lowest BCUT2D eigenvalue weighted by atomic mass is 10.1. The second-order valence-corrected chi connectivity index (χ2v) is 6.94. The Morgan fingerprint density at radius 3 is 1.41 bits per heavy atom. The van der Waals surface area contributed by atoms with Crippen LogP contribution in [0.5, 0.6) is 0 Å². The van der Waals surface area contributed by atoms with Gasteiger partial charge in [0.2, 0.25) is 0 Å². The average molecular weight is 317 g/mol. The number of carbonyl (C=O) groups is 1. The summed E-state index contributed by atoms with van der Waals surface area (Å²) in [5.74, 6) is -1.22. The molecule has 4 nitrogen and oxygen atoms in total. The van der Waals surface area contributed by atoms with Crippen LogP contribution in [0.3, 0.4) is 0 Å². The van der Waals surface area contributed by atoms with Gasteiger partial charge in [-0.3, -0.25) is 0 Å². The fourth-order valence-electron chi connectivity index (χ4n) is 2.23. The van der Waals surface area contributed by atoms with E-state index in [0.717, 1.165) is 0 Å². The number of hydrogen-bond acceptors (Lipinski definition) is 3. The minimum atomic E-state index is -1.18. The molecule has 0 radical (unpaired) electrons. The molecule has 0 fully saturated rings. The highest BCUT2D eigenvalue weighted by molar-refractivity contribution is 5.71. The SMILES string of the molecule is CC(C)[C@H](N)C(=O)[O-].CCCC[N+](C)(CCCC)CCCC. The number of nitrogens with zero attached hydrogens (tertiary/aromatic N) is 1. The molecule has 0 rings (SSSR count). The molecular formula is C18H40N2O2. The Hall–Kier alpha value is -0.610. The van der Waals surface area contributed by atoms with Gasteiger partial charge in [-0.05, 0) is 25.2 Å². The Balaban J connectivity index is 0. The summed E-state index contributed by atoms with van der Waals surface area (Å²) in [6.07, 6.45) is 8.20. The summed E-state index contributed by atoms with van der Waals surface area (Å²) in [7, 11) is 2.45. The summed E-state index contributed by atoms with van der Waals surface area (Å²) in [6.45, 7) is 14.5. The summed E-state index contributed by atoms with van der Waals surface area (Å²) in [4.78, 5) is 9.90. The molecule has 4 heteroatoms. The molecule has 134 valence electrons. The second-order valence-electron chi connectivity index (χ2n) is 6.94. The second kappa shape index (κ2) is 14.0. The van der Waals surface area contributed by atoms with E-state index in [1.54, 1.807) is 13.8 Å². The van der Waals surface area contributed by atoms with Crippen molar-refractivity contribution < 1.29 is 14.4 Å². The monoisotopic (exact) mass is 316 g/mol. The topological polar surface area (TPSA) is 66.2 Å². The smallest absolute Gasteiger partial charge is 0.0784 e. The molecule has 22 heavy (non-hydrogen) atoms. The zero-order valence-corrected chi connectivity index (χ0v) is 15.9. The van der Waals surface area contributed by atoms with Crippen molar-refractivity contribution in [2.75, 3.05) is 26.7 Å². The van der Waals surface area contributed by atoms with Crippen molar-refractivity contribution in [2.45, 2.75) is 79.2 Å². The Labute approximate surface area is 138 Å². The molecule has 0 aliphatic heterocycles. The van der Waals surface area contributed by atoms with Gasteiger partial charge in [0.1, 0.15) is 0 Å². The minimum Gasteiger partial charge on any atom is -0.548 e. The third-order valence-electron chi connectivity index (χ3n) is 4.14. The first-order chi connectivity index (χ1) is 10.2. The molecule has 0 saturated carbocycles. The fourth-order valence-corrected chi connectivity index (χ4v) is 2.23. The Morgan fingerprint density at radius 2 is 1.27 bits per heavy atom. The standard InChI is InChI=1S/C13H30N.C5H11NO2/c1-5-8-11-14(4,12-9-6-2)13-10-7-3;1-3(2)4(6)5(7)8/h5-13H2,1-4H3;3-4H,6H2,1-2H3,(H,7,8)/q+1;/p-1/t;4-/m.0/s1. The predicted molar refractivity (Wildman–Crippen MR) is 93.3 cm³/mol. The van der Waals surface area contributed by atoms with E-state index in [1.165, 1.54) is 62.6 Å². The zero-order valence-electron chi connectivity index (χ0n) is 15.9. The third kappa shape index (κ3) is 13.1. The van der Waals surface area contributed by atoms with Crippen molar-refractivity contribution in [3.8, 4) is 0 Å². The molecule has 0 heterocycles. The Morgan fingerprint density at radius 1 is 0.955 bits per heavy atom. The minimum absolute atomic E-state index is 0.0417. The first kappa shape index (κ1) is 23.7. The summed E-state index contributed by atoms with van der Waals surface area (Å²) in [5, 5.41) is 9.90. The number of hydrogen-bond donors (Lipinski definition) is 1. The first-order valence-electron chi connectivity index (χ1n) is 9.04. The van der Waals surface area contributed by atoms with E-state index in [4.69, 9.17) is 5.73 Å². The van der Waals surface area contributed by atoms with Crippen LogP contribution in [0.2, 0.25) is 0 Å². The van der Waals surface area contributed by atoms with Crippen LogP contribution in [0.25, 0.3) is 0 Å². The first-order valence-corrected chi connectivity index (χ1v) is 9.04. The van der Waals surface area contributed by atoms with Gasteiger partial charge in [-0.25, -0.2) is 0 Å². The molecule has 0 aromatic heterocycles. The van der Waals surface area contributed by atoms with Gasteiger partial charge < -0.3 is 20.1 Å². The van der Waals surface area contributed by atoms with Crippen LogP contribution in [0, 0.1) is 5.92 Å². The van der Waals surface area contributed by atoms with Gasteiger partial charge in [0.05, 0.1) is 32.7 Å². The lowest BCUT2D eigenvalue weighted by Gasteiger charge is -2.34. The van der Waals surface area contributed by atoms with Gasteiger partial charge in [0.15, 0.2) is 0 Å². The molecule has 0 aliphatic rings. The van der Waals surface area contributed by atoms with Crippen LogP contribution >= 0.6 is 0 Å². The highest BCUT2D eigenvalue weighted by Crippen LogP contribution is 2.10. The zero-order chi connectivity index (χ0) is 17.6. The summed E-state index contributed by atoms with van der Waals surface area (Å²) >= 11 is 0. The van der Waals surface area contributed by atoms with E-state index < -0.39 is 12.0 Å². The highest BCUT2D eigenvalue weighted by atomic mass is 16.4. The van der Waals surface area contributed by atoms with Gasteiger partial charge in [-0.2, -0.15) is 0 Å². The Bertz CT molecular complexity index is 246. The van der Waals surface area contributed by atoms with Crippen LogP contribution in [0.4, 0.5) is 0 Å². The normalized spacial score (nSPS) is 12.7. The van der Waals surface area contributed by atoms with E-state index >= 15 is 0 Å². The van der Waals surface area contributed by atoms with E-state index in [2.05, 4.69) is 27.8 Å². The predicted octanol–water partition coefficient (Wildman–Crippen LogP) is 2.55. The summed E-state index contributed by atoms with van der Waals surface area (Å²) in [6, 6.07) is -0.824. The number of carboxylic acid groups (broad SMARTS) is 1. The molecule has 0 bridgehead atoms. The molecule has 0 unspecified atom stereocenters. The van der Waals surface area contributed by atoms with Gasteiger partial charge in [0, 0.05) is 6.04 Å². The maximum Gasteiger partial charge on any atom is 0.0784 e. The maximum absolute atomic E-state index is 9.90. The van der Waals surface area contributed by atoms with Crippen molar-refractivity contribution >= 4 is 5.97 Å². The number of nitrogens with two attached hydrogens (primary N) is 1. The van der Waals surface area contributed by atoms with E-state index in [-0.39, 0.29) is 5.92 Å². The van der Waals surface area contributed by atoms with Crippen molar-refractivity contribution in [1.29, 1.82) is 0 Å². The van der Waals surface area contributed by atoms with Crippen molar-refractivity contribution in [2.24, 2.45) is 11.7 Å². The van der Waals surface area contributed by atoms with Crippen LogP contribution < -0.4 is 10.8 Å². The molecule has 0 spiro atoms. The van der Waals surface area contributed by atoms with Gasteiger partial charge in [-0.15, -0.1) is 0 Å². The number of carbonyl (C=O) groups excluding carboxylic acids is 1. The number of aliphatic carboxylic acids is 1. The van der Waals surface area contributed by atoms with E-state index in [9.17, 15) is 9.90 Å². The Kier molecular flexibility index (Phi) is 15.1. The molecule has 2 N–H and O–H groups in total. The number of carboxylic acids is 1. The quantitative estimate of drug-likeness (QED) is 0.596. The van der Waals surface area contributed by atoms with Gasteiger partial charge in [0.25, 0.3) is 0 Å². The fraction of sp³-hybridized carbons (Fsp3) is 0.944. The molecule has 0 aromatic carbocycles. The lowest BCUT2D eigenvalue weighted by Crippen LogP contribution is -2.46. The van der Waals surface area contributed by atoms with Crippen molar-refractivity contribution in [3.05, 3.63) is 0 Å². The molecule has 0 saturated heterocycles. The average Bonchev–Trinajstić information content (AvgIpc) is 2.48. The maximum atomic E-state index is 9.90. The molecular weight excluding hydrogens is 276 g/mol. The van der Waals surface area contributed by atoms with E-state index in [1.807, 2.05) is 0 Å². The highest BCUT2D eigenvalue weighted by Gasteiger charge is 2.18. The van der Waals surface area contributed by atoms with Gasteiger partial charge >= 0.3 is 0 Å². The van der Waals surface area contributed by atoms with Crippen molar-refractivity contribution in [3.63, 3.8) is 0 Å². The number of rotatable bonds is 11. The van der Waals surface area contributed by atoms with Crippen LogP contribution in [-0.4, -0.2) is 43.2 Å². The summed E-state index contributed by atoms with van der Waals surface area (Å²) < 4.78 is 1.32. The van der Waals surface area contributed by atoms with Crippen molar-refractivity contribution in [1.82, 2.24) is 0 Å². The third-order valence-corrected chi connectivity index (χ3v) is 4.14. The number of unbranched alkanes of at least 4 members (excludes halogenated alkanes) is 3. The van der Waals surface area contributed by atoms with Gasteiger partial charge in [-0.1, -0.05) is 53.9 Å². The lowest BCUT2D eigenvalue weighted by molar-refractivity contribution is -0.910. The van der Waals surface area contributed by atoms with Crippen LogP contribution in [0.1, 0.15) is 73.1 Å². The van der Waals surface area contributed by atoms with E-state index in [0.29, 0.717) is 0 Å². The molecule has 0 amide bonds. The van der Waals surface area contributed by atoms with Crippen LogP contribution in [0.15, 0.2) is 0 Å². The largest absolute Gasteiger partial charge is 0.548 e. The molecule has 0 aliphatic carbocycles. The summed E-state index contributed by atoms with van der Waals surface area (Å²) in [5.41, 5.74) is 5.10. The number of quaternary nitrogens is 1. The molecule has 0 aromatic rings. The van der Waals surface area contributed by atoms with Crippen LogP contribution in [-0.2, 0) is 4.79 Å².